The van der Waals surface area contributed by atoms with Gasteiger partial charge in [0.15, 0.2) is 0 Å². The van der Waals surface area contributed by atoms with Crippen LogP contribution in [0.5, 0.6) is 0 Å². The molecule has 1 heterocycles. The molecule has 1 aliphatic rings. The van der Waals surface area contributed by atoms with Crippen molar-refractivity contribution in [3.63, 3.8) is 0 Å². The predicted octanol–water partition coefficient (Wildman–Crippen LogP) is 3.41. The van der Waals surface area contributed by atoms with Crippen LogP contribution in [0.25, 0.3) is 0 Å². The Kier molecular flexibility index (Phi) is 7.24. The van der Waals surface area contributed by atoms with Crippen molar-refractivity contribution in [2.45, 2.75) is 38.1 Å². The van der Waals surface area contributed by atoms with Gasteiger partial charge in [0.25, 0.3) is 0 Å². The molecule has 1 atom stereocenters. The summed E-state index contributed by atoms with van der Waals surface area (Å²) in [5, 5.41) is 3.20. The Hall–Kier alpha value is -2.17. The quantitative estimate of drug-likeness (QED) is 0.763. The normalized spacial score (nSPS) is 16.5. The zero-order valence-corrected chi connectivity index (χ0v) is 17.1. The molecule has 28 heavy (non-hydrogen) atoms. The van der Waals surface area contributed by atoms with Gasteiger partial charge in [-0.1, -0.05) is 74.5 Å². The van der Waals surface area contributed by atoms with Crippen molar-refractivity contribution >= 4 is 5.91 Å². The maximum atomic E-state index is 12.7. The summed E-state index contributed by atoms with van der Waals surface area (Å²) in [6.45, 7) is 8.29. The molecule has 1 unspecified atom stereocenters. The third-order valence-corrected chi connectivity index (χ3v) is 5.57. The highest BCUT2D eigenvalue weighted by Gasteiger charge is 2.26. The maximum Gasteiger partial charge on any atom is 0.220 e. The lowest BCUT2D eigenvalue weighted by atomic mass is 9.81. The summed E-state index contributed by atoms with van der Waals surface area (Å²) >= 11 is 0. The second kappa shape index (κ2) is 9.85. The number of nitrogens with one attached hydrogen (secondary N) is 1. The molecule has 3 rings (SSSR count). The van der Waals surface area contributed by atoms with Crippen molar-refractivity contribution in [1.82, 2.24) is 10.2 Å². The van der Waals surface area contributed by atoms with E-state index in [1.165, 1.54) is 11.1 Å². The van der Waals surface area contributed by atoms with Crippen molar-refractivity contribution in [1.29, 1.82) is 0 Å². The van der Waals surface area contributed by atoms with E-state index in [1.54, 1.807) is 0 Å². The number of carbonyl (C=O) groups excluding carboxylic acids is 1. The molecule has 0 aliphatic carbocycles. The summed E-state index contributed by atoms with van der Waals surface area (Å²) in [6.07, 6.45) is 1.42. The predicted molar refractivity (Wildman–Crippen MR) is 113 cm³/mol. The van der Waals surface area contributed by atoms with Gasteiger partial charge in [0.1, 0.15) is 0 Å². The van der Waals surface area contributed by atoms with Crippen molar-refractivity contribution in [2.75, 3.05) is 32.8 Å². The van der Waals surface area contributed by atoms with E-state index >= 15 is 0 Å². The first-order valence-electron chi connectivity index (χ1n) is 10.2. The second-order valence-electron chi connectivity index (χ2n) is 8.22. The lowest BCUT2D eigenvalue weighted by Crippen LogP contribution is -2.50. The molecular formula is C24H32N2O2. The number of rotatable bonds is 8. The Labute approximate surface area is 168 Å². The molecule has 0 aromatic heterocycles. The number of ether oxygens (including phenoxy) is 1. The number of morpholine rings is 1. The van der Waals surface area contributed by atoms with Gasteiger partial charge in [-0.2, -0.15) is 0 Å². The van der Waals surface area contributed by atoms with Gasteiger partial charge in [0, 0.05) is 32.1 Å². The minimum absolute atomic E-state index is 0.111. The monoisotopic (exact) mass is 380 g/mol. The van der Waals surface area contributed by atoms with Gasteiger partial charge in [-0.25, -0.2) is 0 Å². The average molecular weight is 381 g/mol. The van der Waals surface area contributed by atoms with Crippen LogP contribution in [0, 0.1) is 0 Å². The zero-order valence-electron chi connectivity index (χ0n) is 17.1. The highest BCUT2D eigenvalue weighted by molar-refractivity contribution is 5.77. The molecule has 2 aromatic carbocycles. The van der Waals surface area contributed by atoms with E-state index in [0.29, 0.717) is 13.0 Å². The minimum atomic E-state index is -0.181. The molecule has 1 amide bonds. The third-order valence-electron chi connectivity index (χ3n) is 5.57. The van der Waals surface area contributed by atoms with Gasteiger partial charge in [-0.3, -0.25) is 9.69 Å². The molecule has 2 aromatic rings. The smallest absolute Gasteiger partial charge is 0.220 e. The van der Waals surface area contributed by atoms with Gasteiger partial charge in [0.05, 0.1) is 13.2 Å². The van der Waals surface area contributed by atoms with Crippen LogP contribution in [-0.2, 0) is 21.4 Å². The lowest BCUT2D eigenvalue weighted by molar-refractivity contribution is -0.122. The third kappa shape index (κ3) is 5.91. The van der Waals surface area contributed by atoms with Crippen molar-refractivity contribution in [2.24, 2.45) is 0 Å². The van der Waals surface area contributed by atoms with E-state index in [0.717, 1.165) is 32.7 Å². The Balaban J connectivity index is 1.59. The largest absolute Gasteiger partial charge is 0.379 e. The molecule has 1 saturated heterocycles. The molecule has 0 spiro atoms. The first-order valence-corrected chi connectivity index (χ1v) is 10.2. The molecule has 150 valence electrons. The Morgan fingerprint density at radius 3 is 2.29 bits per heavy atom. The van der Waals surface area contributed by atoms with Crippen LogP contribution in [0.15, 0.2) is 60.7 Å². The van der Waals surface area contributed by atoms with Crippen LogP contribution in [-0.4, -0.2) is 49.7 Å². The molecule has 0 saturated carbocycles. The molecule has 4 nitrogen and oxygen atoms in total. The minimum Gasteiger partial charge on any atom is -0.379 e. The Morgan fingerprint density at radius 2 is 1.64 bits per heavy atom. The lowest BCUT2D eigenvalue weighted by Gasteiger charge is -2.35. The van der Waals surface area contributed by atoms with E-state index in [-0.39, 0.29) is 17.4 Å². The van der Waals surface area contributed by atoms with Crippen molar-refractivity contribution in [3.05, 3.63) is 71.8 Å². The Morgan fingerprint density at radius 1 is 1.04 bits per heavy atom. The first kappa shape index (κ1) is 20.6. The summed E-state index contributed by atoms with van der Waals surface area (Å²) in [5.41, 5.74) is 2.32. The first-order chi connectivity index (χ1) is 13.5. The summed E-state index contributed by atoms with van der Waals surface area (Å²) in [5.74, 6) is 0.111. The van der Waals surface area contributed by atoms with Gasteiger partial charge < -0.3 is 10.1 Å². The average Bonchev–Trinajstić information content (AvgIpc) is 2.73. The zero-order chi connectivity index (χ0) is 19.8. The van der Waals surface area contributed by atoms with Gasteiger partial charge in [-0.15, -0.1) is 0 Å². The Bertz CT molecular complexity index is 725. The van der Waals surface area contributed by atoms with E-state index in [1.807, 2.05) is 24.3 Å². The van der Waals surface area contributed by atoms with Crippen molar-refractivity contribution in [3.8, 4) is 0 Å². The van der Waals surface area contributed by atoms with Crippen LogP contribution in [0.4, 0.5) is 0 Å². The standard InChI is InChI=1S/C24H32N2O2/c1-24(2,21-11-7-4-8-12-21)18-23(27)25-19-22(26-13-15-28-16-14-26)17-20-9-5-3-6-10-20/h3-12,22H,13-19H2,1-2H3,(H,25,27). The van der Waals surface area contributed by atoms with Gasteiger partial charge in [0.2, 0.25) is 5.91 Å². The number of amides is 1. The van der Waals surface area contributed by atoms with Crippen LogP contribution >= 0.6 is 0 Å². The fourth-order valence-electron chi connectivity index (χ4n) is 3.85. The molecule has 0 radical (unpaired) electrons. The summed E-state index contributed by atoms with van der Waals surface area (Å²) in [4.78, 5) is 15.2. The molecule has 1 aliphatic heterocycles. The summed E-state index contributed by atoms with van der Waals surface area (Å²) < 4.78 is 5.51. The summed E-state index contributed by atoms with van der Waals surface area (Å²) in [6, 6.07) is 21.1. The highest BCUT2D eigenvalue weighted by Crippen LogP contribution is 2.26. The molecule has 4 heteroatoms. The summed E-state index contributed by atoms with van der Waals surface area (Å²) in [7, 11) is 0. The molecule has 1 N–H and O–H groups in total. The molecular weight excluding hydrogens is 348 g/mol. The number of benzene rings is 2. The number of carbonyl (C=O) groups is 1. The fraction of sp³-hybridized carbons (Fsp3) is 0.458. The fourth-order valence-corrected chi connectivity index (χ4v) is 3.85. The van der Waals surface area contributed by atoms with E-state index in [4.69, 9.17) is 4.74 Å². The van der Waals surface area contributed by atoms with E-state index in [2.05, 4.69) is 60.5 Å². The number of nitrogens with zero attached hydrogens (tertiary/aromatic N) is 1. The number of hydrogen-bond donors (Lipinski definition) is 1. The number of hydrogen-bond acceptors (Lipinski definition) is 3. The van der Waals surface area contributed by atoms with E-state index in [9.17, 15) is 4.79 Å². The molecule has 0 bridgehead atoms. The molecule has 1 fully saturated rings. The topological polar surface area (TPSA) is 41.6 Å². The highest BCUT2D eigenvalue weighted by atomic mass is 16.5. The van der Waals surface area contributed by atoms with Crippen LogP contribution in [0.2, 0.25) is 0 Å². The second-order valence-corrected chi connectivity index (χ2v) is 8.22. The van der Waals surface area contributed by atoms with Crippen LogP contribution in [0.3, 0.4) is 0 Å². The SMILES string of the molecule is CC(C)(CC(=O)NCC(Cc1ccccc1)N1CCOCC1)c1ccccc1. The van der Waals surface area contributed by atoms with Crippen LogP contribution < -0.4 is 5.32 Å². The maximum absolute atomic E-state index is 12.7. The van der Waals surface area contributed by atoms with Gasteiger partial charge >= 0.3 is 0 Å². The van der Waals surface area contributed by atoms with Crippen LogP contribution in [0.1, 0.15) is 31.4 Å². The van der Waals surface area contributed by atoms with Gasteiger partial charge in [-0.05, 0) is 23.0 Å². The van der Waals surface area contributed by atoms with E-state index < -0.39 is 0 Å². The van der Waals surface area contributed by atoms with Crippen molar-refractivity contribution < 1.29 is 9.53 Å².